The lowest BCUT2D eigenvalue weighted by Crippen LogP contribution is -2.35. The Kier molecular flexibility index (Phi) is 5.76. The van der Waals surface area contributed by atoms with Crippen LogP contribution in [0.4, 0.5) is 0 Å². The highest BCUT2D eigenvalue weighted by Gasteiger charge is 2.27. The molecule has 0 aromatic rings. The third kappa shape index (κ3) is 5.57. The lowest BCUT2D eigenvalue weighted by Gasteiger charge is -2.30. The molecule has 5 nitrogen and oxygen atoms in total. The second-order valence-corrected chi connectivity index (χ2v) is 6.54. The molecule has 1 aliphatic carbocycles. The lowest BCUT2D eigenvalue weighted by molar-refractivity contribution is -0.486. The predicted octanol–water partition coefficient (Wildman–Crippen LogP) is 3.18. The van der Waals surface area contributed by atoms with E-state index in [1.165, 1.54) is 19.3 Å². The van der Waals surface area contributed by atoms with Crippen LogP contribution in [0.5, 0.6) is 0 Å². The van der Waals surface area contributed by atoms with Gasteiger partial charge in [0.2, 0.25) is 6.54 Å². The first kappa shape index (κ1) is 15.9. The lowest BCUT2D eigenvalue weighted by atomic mass is 9.80. The van der Waals surface area contributed by atoms with Gasteiger partial charge in [0, 0.05) is 23.7 Å². The molecule has 0 aromatic heterocycles. The molecule has 0 spiro atoms. The van der Waals surface area contributed by atoms with Crippen LogP contribution in [-0.2, 0) is 0 Å². The number of nitro groups is 1. The van der Waals surface area contributed by atoms with Crippen molar-refractivity contribution in [1.82, 2.24) is 5.01 Å². The molecule has 1 atom stereocenters. The van der Waals surface area contributed by atoms with Gasteiger partial charge in [-0.15, -0.1) is 0 Å². The highest BCUT2D eigenvalue weighted by molar-refractivity contribution is 5.61. The van der Waals surface area contributed by atoms with Crippen LogP contribution in [0, 0.1) is 22.0 Å². The molecule has 0 heterocycles. The van der Waals surface area contributed by atoms with Gasteiger partial charge in [-0.05, 0) is 39.5 Å². The van der Waals surface area contributed by atoms with Crippen LogP contribution in [-0.4, -0.2) is 35.3 Å². The number of nitrogens with zero attached hydrogens (tertiary/aromatic N) is 3. The van der Waals surface area contributed by atoms with Crippen LogP contribution in [0.2, 0.25) is 0 Å². The molecule has 110 valence electrons. The zero-order valence-corrected chi connectivity index (χ0v) is 12.6. The van der Waals surface area contributed by atoms with Gasteiger partial charge in [0.15, 0.2) is 0 Å². The van der Waals surface area contributed by atoms with E-state index in [1.54, 1.807) is 0 Å². The van der Waals surface area contributed by atoms with Crippen molar-refractivity contribution in [3.05, 3.63) is 10.1 Å². The zero-order chi connectivity index (χ0) is 14.5. The van der Waals surface area contributed by atoms with Gasteiger partial charge in [-0.25, -0.2) is 0 Å². The topological polar surface area (TPSA) is 58.7 Å². The summed E-state index contributed by atoms with van der Waals surface area (Å²) in [5.41, 5.74) is -0.0533. The van der Waals surface area contributed by atoms with Crippen LogP contribution >= 0.6 is 0 Å². The molecule has 0 bridgehead atoms. The summed E-state index contributed by atoms with van der Waals surface area (Å²) < 4.78 is 0. The Bertz CT molecular complexity index is 317. The van der Waals surface area contributed by atoms with E-state index < -0.39 is 0 Å². The number of hydrogen-bond acceptors (Lipinski definition) is 4. The molecule has 1 aliphatic rings. The average molecular weight is 269 g/mol. The smallest absolute Gasteiger partial charge is 0.211 e. The summed E-state index contributed by atoms with van der Waals surface area (Å²) in [6.07, 6.45) is 7.67. The van der Waals surface area contributed by atoms with E-state index in [0.29, 0.717) is 5.92 Å². The predicted molar refractivity (Wildman–Crippen MR) is 77.9 cm³/mol. The van der Waals surface area contributed by atoms with Gasteiger partial charge >= 0.3 is 0 Å². The van der Waals surface area contributed by atoms with Crippen LogP contribution in [0.15, 0.2) is 5.10 Å². The first-order valence-electron chi connectivity index (χ1n) is 7.20. The molecule has 0 aromatic carbocycles. The number of rotatable bonds is 5. The third-order valence-electron chi connectivity index (χ3n) is 4.02. The minimum Gasteiger partial charge on any atom is -0.295 e. The summed E-state index contributed by atoms with van der Waals surface area (Å²) >= 11 is 0. The number of hydrogen-bond donors (Lipinski definition) is 0. The maximum Gasteiger partial charge on any atom is 0.211 e. The van der Waals surface area contributed by atoms with E-state index in [4.69, 9.17) is 0 Å². The fraction of sp³-hybridized carbons (Fsp3) is 0.929. The van der Waals surface area contributed by atoms with Gasteiger partial charge in [0.1, 0.15) is 0 Å². The van der Waals surface area contributed by atoms with Crippen molar-refractivity contribution in [2.45, 2.75) is 58.4 Å². The molecule has 0 saturated heterocycles. The molecule has 0 radical (unpaired) electrons. The normalized spacial score (nSPS) is 19.6. The molecule has 19 heavy (non-hydrogen) atoms. The van der Waals surface area contributed by atoms with Crippen LogP contribution in [0.1, 0.15) is 52.9 Å². The molecule has 0 N–H and O–H groups in total. The monoisotopic (exact) mass is 269 g/mol. The SMILES string of the molecule is CN(/N=C/[C@H](C[N+](=O)[O-])C1CCCCC1)C(C)(C)C. The molecule has 1 saturated carbocycles. The minimum absolute atomic E-state index is 0.00610. The summed E-state index contributed by atoms with van der Waals surface area (Å²) in [6, 6.07) is 0. The van der Waals surface area contributed by atoms with Gasteiger partial charge in [0.05, 0.1) is 5.92 Å². The van der Waals surface area contributed by atoms with Gasteiger partial charge in [-0.1, -0.05) is 19.3 Å². The maximum absolute atomic E-state index is 10.8. The fourth-order valence-electron chi connectivity index (χ4n) is 2.41. The maximum atomic E-state index is 10.8. The van der Waals surface area contributed by atoms with Crippen molar-refractivity contribution in [3.63, 3.8) is 0 Å². The summed E-state index contributed by atoms with van der Waals surface area (Å²) in [5.74, 6) is 0.399. The Morgan fingerprint density at radius 1 is 1.37 bits per heavy atom. The standard InChI is InChI=1S/C14H27N3O2/c1-14(2,3)16(4)15-10-13(11-17(18)19)12-8-6-5-7-9-12/h10,12-13H,5-9,11H2,1-4H3/b15-10+/t13-/m1/s1. The van der Waals surface area contributed by atoms with Crippen LogP contribution in [0.3, 0.4) is 0 Å². The second-order valence-electron chi connectivity index (χ2n) is 6.54. The number of hydrazone groups is 1. The minimum atomic E-state index is -0.206. The summed E-state index contributed by atoms with van der Waals surface area (Å²) in [4.78, 5) is 10.6. The first-order chi connectivity index (χ1) is 8.80. The average Bonchev–Trinajstić information content (AvgIpc) is 2.33. The Balaban J connectivity index is 2.68. The largest absolute Gasteiger partial charge is 0.295 e. The highest BCUT2D eigenvalue weighted by Crippen LogP contribution is 2.29. The van der Waals surface area contributed by atoms with Gasteiger partial charge in [-0.2, -0.15) is 5.10 Å². The zero-order valence-electron chi connectivity index (χ0n) is 12.6. The second kappa shape index (κ2) is 6.87. The molecule has 1 fully saturated rings. The Morgan fingerprint density at radius 2 is 1.95 bits per heavy atom. The Morgan fingerprint density at radius 3 is 2.42 bits per heavy atom. The van der Waals surface area contributed by atoms with E-state index in [-0.39, 0.29) is 22.9 Å². The Labute approximate surface area is 116 Å². The van der Waals surface area contributed by atoms with E-state index in [9.17, 15) is 10.1 Å². The molecule has 1 rings (SSSR count). The van der Waals surface area contributed by atoms with Crippen molar-refractivity contribution in [3.8, 4) is 0 Å². The molecular formula is C14H27N3O2. The van der Waals surface area contributed by atoms with Crippen molar-refractivity contribution >= 4 is 6.21 Å². The summed E-state index contributed by atoms with van der Waals surface area (Å²) in [6.45, 7) is 6.24. The first-order valence-corrected chi connectivity index (χ1v) is 7.20. The van der Waals surface area contributed by atoms with Gasteiger partial charge < -0.3 is 0 Å². The third-order valence-corrected chi connectivity index (χ3v) is 4.02. The van der Waals surface area contributed by atoms with Crippen molar-refractivity contribution in [2.24, 2.45) is 16.9 Å². The van der Waals surface area contributed by atoms with Gasteiger partial charge in [-0.3, -0.25) is 15.1 Å². The molecule has 5 heteroatoms. The van der Waals surface area contributed by atoms with E-state index in [2.05, 4.69) is 25.9 Å². The van der Waals surface area contributed by atoms with Crippen molar-refractivity contribution < 1.29 is 4.92 Å². The van der Waals surface area contributed by atoms with Crippen LogP contribution in [0.25, 0.3) is 0 Å². The molecule has 0 aliphatic heterocycles. The van der Waals surface area contributed by atoms with E-state index >= 15 is 0 Å². The van der Waals surface area contributed by atoms with Crippen molar-refractivity contribution in [1.29, 1.82) is 0 Å². The molecule has 0 unspecified atom stereocenters. The molecule has 0 amide bonds. The Hall–Kier alpha value is -1.13. The quantitative estimate of drug-likeness (QED) is 0.437. The van der Waals surface area contributed by atoms with Crippen molar-refractivity contribution in [2.75, 3.05) is 13.6 Å². The fourth-order valence-corrected chi connectivity index (χ4v) is 2.41. The van der Waals surface area contributed by atoms with E-state index in [1.807, 2.05) is 18.3 Å². The van der Waals surface area contributed by atoms with E-state index in [0.717, 1.165) is 12.8 Å². The molecular weight excluding hydrogens is 242 g/mol. The van der Waals surface area contributed by atoms with Crippen LogP contribution < -0.4 is 0 Å². The summed E-state index contributed by atoms with van der Waals surface area (Å²) in [5, 5.41) is 17.1. The van der Waals surface area contributed by atoms with Gasteiger partial charge in [0.25, 0.3) is 0 Å². The highest BCUT2D eigenvalue weighted by atomic mass is 16.6. The summed E-state index contributed by atoms with van der Waals surface area (Å²) in [7, 11) is 1.92.